The summed E-state index contributed by atoms with van der Waals surface area (Å²) in [6.45, 7) is 1.02. The summed E-state index contributed by atoms with van der Waals surface area (Å²) in [6.07, 6.45) is 3.65. The highest BCUT2D eigenvalue weighted by Crippen LogP contribution is 2.34. The van der Waals surface area contributed by atoms with E-state index in [1.54, 1.807) is 18.3 Å². The molecule has 0 aliphatic carbocycles. The average molecular weight is 381 g/mol. The molecule has 1 aromatic heterocycles. The predicted molar refractivity (Wildman–Crippen MR) is 105 cm³/mol. The number of rotatable bonds is 8. The van der Waals surface area contributed by atoms with Gasteiger partial charge in [-0.3, -0.25) is 9.48 Å². The molecule has 0 atom stereocenters. The predicted octanol–water partition coefficient (Wildman–Crippen LogP) is 2.89. The normalized spacial score (nSPS) is 10.4. The second-order valence-electron chi connectivity index (χ2n) is 6.06. The van der Waals surface area contributed by atoms with Gasteiger partial charge in [0.2, 0.25) is 0 Å². The zero-order chi connectivity index (χ0) is 19.9. The second-order valence-corrected chi connectivity index (χ2v) is 6.06. The number of nitrogens with zero attached hydrogens (tertiary/aromatic N) is 2. The molecule has 0 aliphatic heterocycles. The van der Waals surface area contributed by atoms with Crippen molar-refractivity contribution in [3.8, 4) is 17.2 Å². The van der Waals surface area contributed by atoms with Crippen molar-refractivity contribution in [1.29, 1.82) is 0 Å². The summed E-state index contributed by atoms with van der Waals surface area (Å²) in [6, 6.07) is 13.1. The van der Waals surface area contributed by atoms with Gasteiger partial charge in [0.05, 0.1) is 33.4 Å². The number of methoxy groups -OCH3 is 3. The lowest BCUT2D eigenvalue weighted by atomic mass is 10.1. The SMILES string of the molecule is COc1cc(OC)c(C(=O)NCc2ccccc2Cn2cccn2)cc1OC. The van der Waals surface area contributed by atoms with Crippen LogP contribution in [0.4, 0.5) is 0 Å². The van der Waals surface area contributed by atoms with Crippen LogP contribution in [0.5, 0.6) is 17.2 Å². The minimum Gasteiger partial charge on any atom is -0.496 e. The molecule has 3 aromatic rings. The second kappa shape index (κ2) is 8.94. The van der Waals surface area contributed by atoms with Gasteiger partial charge in [0.25, 0.3) is 5.91 Å². The van der Waals surface area contributed by atoms with Crippen LogP contribution in [-0.4, -0.2) is 37.0 Å². The van der Waals surface area contributed by atoms with E-state index in [0.29, 0.717) is 35.9 Å². The third kappa shape index (κ3) is 4.25. The molecule has 28 heavy (non-hydrogen) atoms. The largest absolute Gasteiger partial charge is 0.496 e. The lowest BCUT2D eigenvalue weighted by Crippen LogP contribution is -2.24. The van der Waals surface area contributed by atoms with Crippen molar-refractivity contribution in [3.05, 3.63) is 71.5 Å². The van der Waals surface area contributed by atoms with Crippen molar-refractivity contribution in [1.82, 2.24) is 15.1 Å². The van der Waals surface area contributed by atoms with Crippen molar-refractivity contribution in [2.75, 3.05) is 21.3 Å². The van der Waals surface area contributed by atoms with E-state index in [1.807, 2.05) is 41.2 Å². The van der Waals surface area contributed by atoms with E-state index in [9.17, 15) is 4.79 Å². The monoisotopic (exact) mass is 381 g/mol. The summed E-state index contributed by atoms with van der Waals surface area (Å²) in [5.74, 6) is 1.12. The van der Waals surface area contributed by atoms with Crippen molar-refractivity contribution in [3.63, 3.8) is 0 Å². The fourth-order valence-electron chi connectivity index (χ4n) is 2.93. The van der Waals surface area contributed by atoms with E-state index in [4.69, 9.17) is 14.2 Å². The first-order valence-electron chi connectivity index (χ1n) is 8.78. The average Bonchev–Trinajstić information content (AvgIpc) is 3.24. The lowest BCUT2D eigenvalue weighted by molar-refractivity contribution is 0.0947. The maximum atomic E-state index is 12.8. The summed E-state index contributed by atoms with van der Waals surface area (Å²) in [5, 5.41) is 7.19. The fraction of sp³-hybridized carbons (Fsp3) is 0.238. The molecule has 1 N–H and O–H groups in total. The summed E-state index contributed by atoms with van der Waals surface area (Å²) in [4.78, 5) is 12.8. The number of ether oxygens (including phenoxy) is 3. The highest BCUT2D eigenvalue weighted by Gasteiger charge is 2.18. The molecule has 0 bridgehead atoms. The molecule has 7 nitrogen and oxygen atoms in total. The molecule has 0 fully saturated rings. The molecular formula is C21H23N3O4. The van der Waals surface area contributed by atoms with Crippen LogP contribution in [-0.2, 0) is 13.1 Å². The Hall–Kier alpha value is -3.48. The first-order chi connectivity index (χ1) is 13.7. The van der Waals surface area contributed by atoms with Crippen molar-refractivity contribution in [2.24, 2.45) is 0 Å². The maximum Gasteiger partial charge on any atom is 0.255 e. The van der Waals surface area contributed by atoms with Crippen LogP contribution in [0.25, 0.3) is 0 Å². The van der Waals surface area contributed by atoms with E-state index in [1.165, 1.54) is 21.3 Å². The van der Waals surface area contributed by atoms with Gasteiger partial charge in [0, 0.05) is 31.1 Å². The minimum absolute atomic E-state index is 0.258. The first kappa shape index (κ1) is 19.3. The third-order valence-corrected chi connectivity index (χ3v) is 4.40. The van der Waals surface area contributed by atoms with Crippen molar-refractivity contribution >= 4 is 5.91 Å². The number of carbonyl (C=O) groups is 1. The zero-order valence-electron chi connectivity index (χ0n) is 16.1. The smallest absolute Gasteiger partial charge is 0.255 e. The van der Waals surface area contributed by atoms with Gasteiger partial charge in [-0.2, -0.15) is 5.10 Å². The van der Waals surface area contributed by atoms with Crippen LogP contribution in [0.15, 0.2) is 54.9 Å². The van der Waals surface area contributed by atoms with Crippen LogP contribution >= 0.6 is 0 Å². The molecule has 0 unspecified atom stereocenters. The van der Waals surface area contributed by atoms with Gasteiger partial charge in [0.15, 0.2) is 11.5 Å². The molecule has 0 spiro atoms. The fourth-order valence-corrected chi connectivity index (χ4v) is 2.93. The summed E-state index contributed by atoms with van der Waals surface area (Å²) in [7, 11) is 4.57. The first-order valence-corrected chi connectivity index (χ1v) is 8.78. The highest BCUT2D eigenvalue weighted by molar-refractivity contribution is 5.97. The molecule has 0 aliphatic rings. The summed E-state index contributed by atoms with van der Waals surface area (Å²) >= 11 is 0. The Morgan fingerprint density at radius 2 is 1.64 bits per heavy atom. The molecule has 1 amide bonds. The molecule has 7 heteroatoms. The molecule has 1 heterocycles. The standard InChI is InChI=1S/C21H23N3O4/c1-26-18-12-20(28-3)19(27-2)11-17(18)21(25)22-13-15-7-4-5-8-16(15)14-24-10-6-9-23-24/h4-12H,13-14H2,1-3H3,(H,22,25). The van der Waals surface area contributed by atoms with Gasteiger partial charge in [-0.15, -0.1) is 0 Å². The number of hydrogen-bond acceptors (Lipinski definition) is 5. The molecular weight excluding hydrogens is 358 g/mol. The van der Waals surface area contributed by atoms with Gasteiger partial charge in [-0.05, 0) is 17.2 Å². The zero-order valence-corrected chi connectivity index (χ0v) is 16.1. The molecule has 0 saturated heterocycles. The third-order valence-electron chi connectivity index (χ3n) is 4.40. The lowest BCUT2D eigenvalue weighted by Gasteiger charge is -2.15. The van der Waals surface area contributed by atoms with Crippen LogP contribution in [0.1, 0.15) is 21.5 Å². The molecule has 2 aromatic carbocycles. The van der Waals surface area contributed by atoms with Crippen LogP contribution < -0.4 is 19.5 Å². The van der Waals surface area contributed by atoms with E-state index in [0.717, 1.165) is 11.1 Å². The topological polar surface area (TPSA) is 74.6 Å². The van der Waals surface area contributed by atoms with Gasteiger partial charge in [-0.1, -0.05) is 24.3 Å². The van der Waals surface area contributed by atoms with Crippen molar-refractivity contribution in [2.45, 2.75) is 13.1 Å². The Kier molecular flexibility index (Phi) is 6.16. The quantitative estimate of drug-likeness (QED) is 0.649. The maximum absolute atomic E-state index is 12.8. The van der Waals surface area contributed by atoms with Gasteiger partial charge in [-0.25, -0.2) is 0 Å². The van der Waals surface area contributed by atoms with Gasteiger partial charge in [0.1, 0.15) is 5.75 Å². The number of carbonyl (C=O) groups excluding carboxylic acids is 1. The Labute approximate surface area is 163 Å². The van der Waals surface area contributed by atoms with E-state index in [2.05, 4.69) is 10.4 Å². The minimum atomic E-state index is -0.258. The van der Waals surface area contributed by atoms with E-state index >= 15 is 0 Å². The highest BCUT2D eigenvalue weighted by atomic mass is 16.5. The molecule has 3 rings (SSSR count). The number of aromatic nitrogens is 2. The Morgan fingerprint density at radius 1 is 0.964 bits per heavy atom. The number of nitrogens with one attached hydrogen (secondary N) is 1. The molecule has 0 saturated carbocycles. The number of amides is 1. The number of hydrogen-bond donors (Lipinski definition) is 1. The Morgan fingerprint density at radius 3 is 2.29 bits per heavy atom. The van der Waals surface area contributed by atoms with E-state index < -0.39 is 0 Å². The Balaban J connectivity index is 1.78. The van der Waals surface area contributed by atoms with Crippen LogP contribution in [0, 0.1) is 0 Å². The Bertz CT molecular complexity index is 939. The molecule has 146 valence electrons. The van der Waals surface area contributed by atoms with E-state index in [-0.39, 0.29) is 5.91 Å². The van der Waals surface area contributed by atoms with Crippen LogP contribution in [0.3, 0.4) is 0 Å². The van der Waals surface area contributed by atoms with Gasteiger partial charge < -0.3 is 19.5 Å². The number of benzene rings is 2. The molecule has 0 radical (unpaired) electrons. The summed E-state index contributed by atoms with van der Waals surface area (Å²) < 4.78 is 17.8. The summed E-state index contributed by atoms with van der Waals surface area (Å²) in [5.41, 5.74) is 2.49. The van der Waals surface area contributed by atoms with Crippen LogP contribution in [0.2, 0.25) is 0 Å². The van der Waals surface area contributed by atoms with Gasteiger partial charge >= 0.3 is 0 Å². The van der Waals surface area contributed by atoms with Crippen molar-refractivity contribution < 1.29 is 19.0 Å².